The Morgan fingerprint density at radius 1 is 0.854 bits per heavy atom. The van der Waals surface area contributed by atoms with E-state index in [9.17, 15) is 9.50 Å². The molecule has 2 aliphatic heterocycles. The van der Waals surface area contributed by atoms with E-state index in [1.807, 2.05) is 78.9 Å². The molecule has 4 aromatic rings. The molecule has 2 fully saturated rings. The van der Waals surface area contributed by atoms with E-state index >= 15 is 0 Å². The topological polar surface area (TPSA) is 66.4 Å². The summed E-state index contributed by atoms with van der Waals surface area (Å²) in [6.45, 7) is 1.92. The number of hydrogen-bond donors (Lipinski definition) is 1. The van der Waals surface area contributed by atoms with Gasteiger partial charge in [0.25, 0.3) is 0 Å². The Kier molecular flexibility index (Phi) is 7.30. The van der Waals surface area contributed by atoms with Gasteiger partial charge < -0.3 is 28.8 Å². The van der Waals surface area contributed by atoms with Gasteiger partial charge in [-0.15, -0.1) is 0 Å². The average molecular weight is 557 g/mol. The quantitative estimate of drug-likeness (QED) is 0.266. The SMILES string of the molecule is COc1ccc(C(OC[C@]23COC(C2O)[C@H](c2ccc(F)c(C)c2)O3)(c2ccccc2)c2ccc(OC)cc2)cc1. The third kappa shape index (κ3) is 4.69. The summed E-state index contributed by atoms with van der Waals surface area (Å²) in [5.74, 6) is 1.16. The Hall–Kier alpha value is -3.75. The third-order valence-electron chi connectivity index (χ3n) is 8.25. The first-order valence-corrected chi connectivity index (χ1v) is 13.6. The van der Waals surface area contributed by atoms with E-state index in [1.54, 1.807) is 33.3 Å². The van der Waals surface area contributed by atoms with E-state index in [4.69, 9.17) is 23.7 Å². The molecule has 0 radical (unpaired) electrons. The number of rotatable bonds is 9. The number of hydrogen-bond acceptors (Lipinski definition) is 6. The van der Waals surface area contributed by atoms with Crippen LogP contribution in [0.4, 0.5) is 4.39 Å². The first-order valence-electron chi connectivity index (χ1n) is 13.6. The van der Waals surface area contributed by atoms with Gasteiger partial charge in [-0.2, -0.15) is 0 Å². The van der Waals surface area contributed by atoms with Crippen LogP contribution < -0.4 is 9.47 Å². The summed E-state index contributed by atoms with van der Waals surface area (Å²) < 4.78 is 44.5. The maximum Gasteiger partial charge on any atom is 0.144 e. The molecule has 0 amide bonds. The smallest absolute Gasteiger partial charge is 0.144 e. The number of aryl methyl sites for hydroxylation is 1. The summed E-state index contributed by atoms with van der Waals surface area (Å²) in [6.07, 6.45) is -2.07. The zero-order chi connectivity index (χ0) is 28.6. The van der Waals surface area contributed by atoms with Gasteiger partial charge in [-0.1, -0.05) is 66.7 Å². The lowest BCUT2D eigenvalue weighted by molar-refractivity contribution is -0.184. The van der Waals surface area contributed by atoms with Crippen molar-refractivity contribution in [3.63, 3.8) is 0 Å². The van der Waals surface area contributed by atoms with Crippen molar-refractivity contribution in [3.8, 4) is 11.5 Å². The molecule has 41 heavy (non-hydrogen) atoms. The van der Waals surface area contributed by atoms with Gasteiger partial charge in [-0.25, -0.2) is 4.39 Å². The van der Waals surface area contributed by atoms with E-state index < -0.39 is 29.5 Å². The monoisotopic (exact) mass is 556 g/mol. The Balaban J connectivity index is 1.42. The second kappa shape index (κ2) is 10.9. The molecule has 0 aromatic heterocycles. The predicted octanol–water partition coefficient (Wildman–Crippen LogP) is 5.73. The molecule has 0 spiro atoms. The van der Waals surface area contributed by atoms with Gasteiger partial charge in [0.15, 0.2) is 0 Å². The summed E-state index contributed by atoms with van der Waals surface area (Å²) in [4.78, 5) is 0. The van der Waals surface area contributed by atoms with Crippen LogP contribution >= 0.6 is 0 Å². The largest absolute Gasteiger partial charge is 0.497 e. The first-order chi connectivity index (χ1) is 19.9. The van der Waals surface area contributed by atoms with Crippen LogP contribution in [0.5, 0.6) is 11.5 Å². The molecule has 4 aromatic carbocycles. The van der Waals surface area contributed by atoms with Crippen molar-refractivity contribution in [2.24, 2.45) is 0 Å². The number of benzene rings is 4. The van der Waals surface area contributed by atoms with Gasteiger partial charge in [0.1, 0.15) is 46.8 Å². The molecule has 212 valence electrons. The number of halogens is 1. The molecule has 0 saturated carbocycles. The first kappa shape index (κ1) is 27.4. The van der Waals surface area contributed by atoms with E-state index in [1.165, 1.54) is 6.07 Å². The van der Waals surface area contributed by atoms with Crippen LogP contribution in [0.1, 0.15) is 33.9 Å². The number of ether oxygens (including phenoxy) is 5. The normalized spacial score (nSPS) is 23.5. The van der Waals surface area contributed by atoms with Crippen LogP contribution in [0.2, 0.25) is 0 Å². The Bertz CT molecular complexity index is 1440. The molecule has 2 bridgehead atoms. The number of methoxy groups -OCH3 is 2. The lowest BCUT2D eigenvalue weighted by Gasteiger charge is -2.39. The zero-order valence-corrected chi connectivity index (χ0v) is 23.3. The molecule has 6 rings (SSSR count). The fraction of sp³-hybridized carbons (Fsp3) is 0.294. The molecule has 2 heterocycles. The predicted molar refractivity (Wildman–Crippen MR) is 152 cm³/mol. The highest BCUT2D eigenvalue weighted by Gasteiger charge is 2.62. The summed E-state index contributed by atoms with van der Waals surface area (Å²) in [5.41, 5.74) is 1.74. The summed E-state index contributed by atoms with van der Waals surface area (Å²) in [6, 6.07) is 30.4. The van der Waals surface area contributed by atoms with Crippen LogP contribution in [0.25, 0.3) is 0 Å². The molecule has 2 saturated heterocycles. The third-order valence-corrected chi connectivity index (χ3v) is 8.25. The maximum absolute atomic E-state index is 14.0. The lowest BCUT2D eigenvalue weighted by Crippen LogP contribution is -2.48. The van der Waals surface area contributed by atoms with Crippen molar-refractivity contribution in [1.82, 2.24) is 0 Å². The lowest BCUT2D eigenvalue weighted by atomic mass is 9.79. The second-order valence-corrected chi connectivity index (χ2v) is 10.6. The Morgan fingerprint density at radius 2 is 1.44 bits per heavy atom. The number of aliphatic hydroxyl groups is 1. The molecule has 0 aliphatic carbocycles. The summed E-state index contributed by atoms with van der Waals surface area (Å²) >= 11 is 0. The minimum absolute atomic E-state index is 0.0360. The zero-order valence-electron chi connectivity index (χ0n) is 23.3. The second-order valence-electron chi connectivity index (χ2n) is 10.6. The van der Waals surface area contributed by atoms with Crippen LogP contribution in [-0.4, -0.2) is 50.3 Å². The van der Waals surface area contributed by atoms with Gasteiger partial charge in [-0.05, 0) is 65.1 Å². The highest BCUT2D eigenvalue weighted by molar-refractivity contribution is 5.50. The van der Waals surface area contributed by atoms with Crippen molar-refractivity contribution in [2.45, 2.75) is 36.4 Å². The van der Waals surface area contributed by atoms with Crippen LogP contribution in [0, 0.1) is 12.7 Å². The Morgan fingerprint density at radius 3 is 2.00 bits per heavy atom. The molecule has 6 nitrogen and oxygen atoms in total. The molecule has 4 atom stereocenters. The minimum atomic E-state index is -1.11. The average Bonchev–Trinajstić information content (AvgIpc) is 3.48. The molecule has 7 heteroatoms. The molecule has 2 aliphatic rings. The summed E-state index contributed by atoms with van der Waals surface area (Å²) in [5, 5.41) is 11.4. The van der Waals surface area contributed by atoms with Crippen molar-refractivity contribution >= 4 is 0 Å². The van der Waals surface area contributed by atoms with Gasteiger partial charge in [0.2, 0.25) is 0 Å². The number of aliphatic hydroxyl groups excluding tert-OH is 1. The van der Waals surface area contributed by atoms with Gasteiger partial charge in [-0.3, -0.25) is 0 Å². The van der Waals surface area contributed by atoms with Gasteiger partial charge in [0.05, 0.1) is 27.4 Å². The van der Waals surface area contributed by atoms with E-state index in [0.717, 1.165) is 33.8 Å². The summed E-state index contributed by atoms with van der Waals surface area (Å²) in [7, 11) is 3.26. The highest BCUT2D eigenvalue weighted by Crippen LogP contribution is 2.50. The van der Waals surface area contributed by atoms with Gasteiger partial charge in [0, 0.05) is 0 Å². The van der Waals surface area contributed by atoms with E-state index in [2.05, 4.69) is 0 Å². The molecule has 2 unspecified atom stereocenters. The van der Waals surface area contributed by atoms with E-state index in [-0.39, 0.29) is 19.0 Å². The number of fused-ring (bicyclic) bond motifs is 2. The van der Waals surface area contributed by atoms with Crippen molar-refractivity contribution in [1.29, 1.82) is 0 Å². The van der Waals surface area contributed by atoms with E-state index in [0.29, 0.717) is 5.56 Å². The highest BCUT2D eigenvalue weighted by atomic mass is 19.1. The standard InChI is InChI=1S/C34H33FO6/c1-22-19-23(9-18-29(22)35)30-31-32(36)33(41-30,20-39-31)21-40-34(24-7-5-4-6-8-24,25-10-14-27(37-2)15-11-25)26-12-16-28(38-3)17-13-26/h4-19,30-32,36H,20-21H2,1-3H3/t30-,31?,32?,33+/m0/s1. The minimum Gasteiger partial charge on any atom is -0.497 e. The van der Waals surface area contributed by atoms with Crippen molar-refractivity contribution in [2.75, 3.05) is 27.4 Å². The van der Waals surface area contributed by atoms with Crippen LogP contribution in [0.3, 0.4) is 0 Å². The molecule has 1 N–H and O–H groups in total. The maximum atomic E-state index is 14.0. The van der Waals surface area contributed by atoms with Crippen molar-refractivity contribution in [3.05, 3.63) is 131 Å². The Labute approximate surface area is 239 Å². The van der Waals surface area contributed by atoms with Crippen LogP contribution in [0.15, 0.2) is 97.1 Å². The molecular formula is C34H33FO6. The fourth-order valence-corrected chi connectivity index (χ4v) is 5.96. The van der Waals surface area contributed by atoms with Gasteiger partial charge >= 0.3 is 0 Å². The molecular weight excluding hydrogens is 523 g/mol. The fourth-order valence-electron chi connectivity index (χ4n) is 5.96. The van der Waals surface area contributed by atoms with Crippen LogP contribution in [-0.2, 0) is 19.8 Å². The van der Waals surface area contributed by atoms with Crippen molar-refractivity contribution < 1.29 is 33.2 Å².